The van der Waals surface area contributed by atoms with E-state index in [1.54, 1.807) is 39.8 Å². The van der Waals surface area contributed by atoms with Gasteiger partial charge in [-0.25, -0.2) is 9.59 Å². The van der Waals surface area contributed by atoms with Crippen LogP contribution in [0.4, 0.5) is 0 Å². The largest absolute Gasteiger partial charge is 0.483 e. The van der Waals surface area contributed by atoms with Crippen LogP contribution in [-0.2, 0) is 38.1 Å². The van der Waals surface area contributed by atoms with Gasteiger partial charge in [-0.15, -0.1) is 0 Å². The van der Waals surface area contributed by atoms with Gasteiger partial charge in [-0.3, -0.25) is 14.4 Å². The van der Waals surface area contributed by atoms with E-state index in [0.29, 0.717) is 12.8 Å². The first-order valence-electron chi connectivity index (χ1n) is 15.4. The minimum Gasteiger partial charge on any atom is -0.483 e. The smallest absolute Gasteiger partial charge is 0.351 e. The van der Waals surface area contributed by atoms with Gasteiger partial charge in [0, 0.05) is 16.9 Å². The van der Waals surface area contributed by atoms with Crippen molar-refractivity contribution in [2.24, 2.45) is 21.7 Å². The van der Waals surface area contributed by atoms with Crippen LogP contribution in [0.2, 0.25) is 0 Å². The number of esters is 4. The molecule has 4 fully saturated rings. The zero-order valence-corrected chi connectivity index (χ0v) is 26.8. The lowest BCUT2D eigenvalue weighted by atomic mass is 9.66. The maximum atomic E-state index is 14.4. The molecule has 5 aliphatic rings. The van der Waals surface area contributed by atoms with Crippen LogP contribution in [0.1, 0.15) is 92.7 Å². The molecule has 2 aliphatic carbocycles. The number of benzene rings is 1. The highest BCUT2D eigenvalue weighted by molar-refractivity contribution is 5.95. The Kier molecular flexibility index (Phi) is 5.61. The number of carbonyl (C=O) groups excluding carboxylic acids is 4. The fraction of sp³-hybridized carbons (Fsp3) is 0.618. The summed E-state index contributed by atoms with van der Waals surface area (Å²) in [5, 5.41) is 0.209. The fourth-order valence-electron chi connectivity index (χ4n) is 8.52. The number of rotatable bonds is 4. The highest BCUT2D eigenvalue weighted by Crippen LogP contribution is 2.67. The van der Waals surface area contributed by atoms with E-state index >= 15 is 0 Å². The van der Waals surface area contributed by atoms with Crippen molar-refractivity contribution in [1.29, 1.82) is 0 Å². The third-order valence-electron chi connectivity index (χ3n) is 12.7. The van der Waals surface area contributed by atoms with Gasteiger partial charge in [0.25, 0.3) is 0 Å². The van der Waals surface area contributed by atoms with Crippen molar-refractivity contribution in [3.63, 3.8) is 0 Å². The van der Waals surface area contributed by atoms with Crippen molar-refractivity contribution in [1.82, 2.24) is 0 Å². The normalized spacial score (nSPS) is 37.9. The average Bonchev–Trinajstić information content (AvgIpc) is 3.42. The molecule has 1 aromatic heterocycles. The summed E-state index contributed by atoms with van der Waals surface area (Å²) in [6, 6.07) is 4.41. The van der Waals surface area contributed by atoms with Crippen molar-refractivity contribution in [3.05, 3.63) is 40.2 Å². The Hall–Kier alpha value is -3.89. The van der Waals surface area contributed by atoms with E-state index in [4.69, 9.17) is 28.1 Å². The second-order valence-corrected chi connectivity index (χ2v) is 15.3. The minimum atomic E-state index is -1.59. The molecule has 240 valence electrons. The Morgan fingerprint density at radius 3 is 1.73 bits per heavy atom. The van der Waals surface area contributed by atoms with Gasteiger partial charge in [-0.2, -0.15) is 0 Å². The van der Waals surface area contributed by atoms with Crippen molar-refractivity contribution < 1.29 is 47.3 Å². The van der Waals surface area contributed by atoms with Gasteiger partial charge in [0.2, 0.25) is 11.2 Å². The quantitative estimate of drug-likeness (QED) is 0.345. The standard InChI is InChI=1S/C34H38O11/c1-28(2)23(42-27(39)34-15-13-32(8,25(37)45-34)30(34,5)6)22(20-19(43-28)10-9-17-18(35)11-16-40-21(17)20)41-26(38)33-14-12-31(7,24(36)44-33)29(33,3)4/h9-11,16,22-23H,12-15H2,1-8H3/t22-,23-,31+,32+,33-,34-/m1/s1. The number of hydrogen-bond acceptors (Lipinski definition) is 11. The molecule has 7 rings (SSSR count). The molecule has 4 heterocycles. The van der Waals surface area contributed by atoms with Gasteiger partial charge in [-0.1, -0.05) is 27.7 Å². The van der Waals surface area contributed by atoms with E-state index in [-0.39, 0.29) is 40.6 Å². The number of ether oxygens (including phenoxy) is 5. The molecule has 1 aromatic carbocycles. The monoisotopic (exact) mass is 622 g/mol. The first kappa shape index (κ1) is 29.8. The molecule has 6 atom stereocenters. The summed E-state index contributed by atoms with van der Waals surface area (Å²) >= 11 is 0. The Balaban J connectivity index is 1.36. The summed E-state index contributed by atoms with van der Waals surface area (Å²) in [6.07, 6.45) is -0.0273. The van der Waals surface area contributed by atoms with E-state index < -0.39 is 74.5 Å². The Labute approximate surface area is 259 Å². The summed E-state index contributed by atoms with van der Waals surface area (Å²) in [6.45, 7) is 14.2. The van der Waals surface area contributed by atoms with Gasteiger partial charge >= 0.3 is 23.9 Å². The predicted molar refractivity (Wildman–Crippen MR) is 156 cm³/mol. The molecule has 11 nitrogen and oxygen atoms in total. The maximum Gasteiger partial charge on any atom is 0.351 e. The van der Waals surface area contributed by atoms with Crippen LogP contribution in [0.5, 0.6) is 5.75 Å². The SMILES string of the molecule is CC1(C)Oc2ccc3c(=O)ccoc3c2[C@@H](OC(=O)[C@@]23CC[C@@](C)(C(=O)O2)C3(C)C)[C@H]1OC(=O)[C@@]12CC[C@@](C)(C(=O)O1)C2(C)C. The van der Waals surface area contributed by atoms with E-state index in [2.05, 4.69) is 0 Å². The minimum absolute atomic E-state index is 0.102. The summed E-state index contributed by atoms with van der Waals surface area (Å²) in [7, 11) is 0. The van der Waals surface area contributed by atoms with Crippen molar-refractivity contribution in [3.8, 4) is 5.75 Å². The number of carbonyl (C=O) groups is 4. The zero-order valence-electron chi connectivity index (χ0n) is 26.8. The lowest BCUT2D eigenvalue weighted by molar-refractivity contribution is -0.217. The molecule has 11 heteroatoms. The van der Waals surface area contributed by atoms with Gasteiger partial charge in [-0.05, 0) is 65.5 Å². The van der Waals surface area contributed by atoms with Crippen LogP contribution in [0.25, 0.3) is 11.0 Å². The van der Waals surface area contributed by atoms with E-state index in [0.717, 1.165) is 0 Å². The van der Waals surface area contributed by atoms with Crippen LogP contribution in [0.15, 0.2) is 33.7 Å². The molecule has 4 bridgehead atoms. The lowest BCUT2D eigenvalue weighted by Crippen LogP contribution is -2.57. The van der Waals surface area contributed by atoms with Crippen LogP contribution < -0.4 is 10.2 Å². The van der Waals surface area contributed by atoms with Crippen molar-refractivity contribution >= 4 is 34.8 Å². The van der Waals surface area contributed by atoms with Crippen LogP contribution in [-0.4, -0.2) is 46.8 Å². The third-order valence-corrected chi connectivity index (χ3v) is 12.7. The van der Waals surface area contributed by atoms with Crippen LogP contribution >= 0.6 is 0 Å². The highest BCUT2D eigenvalue weighted by atomic mass is 16.7. The highest BCUT2D eigenvalue weighted by Gasteiger charge is 2.78. The summed E-state index contributed by atoms with van der Waals surface area (Å²) in [5.74, 6) is -2.26. The van der Waals surface area contributed by atoms with Crippen molar-refractivity contribution in [2.45, 2.75) is 110 Å². The molecule has 0 unspecified atom stereocenters. The first-order valence-corrected chi connectivity index (χ1v) is 15.4. The van der Waals surface area contributed by atoms with E-state index in [1.165, 1.54) is 12.3 Å². The summed E-state index contributed by atoms with van der Waals surface area (Å²) in [4.78, 5) is 67.5. The molecular formula is C34H38O11. The second-order valence-electron chi connectivity index (χ2n) is 15.3. The Morgan fingerprint density at radius 2 is 1.24 bits per heavy atom. The van der Waals surface area contributed by atoms with Gasteiger partial charge in [0.15, 0.2) is 17.6 Å². The number of hydrogen-bond donors (Lipinski definition) is 0. The zero-order chi connectivity index (χ0) is 32.8. The van der Waals surface area contributed by atoms with E-state index in [9.17, 15) is 24.0 Å². The molecule has 3 aliphatic heterocycles. The van der Waals surface area contributed by atoms with Gasteiger partial charge in [0.05, 0.1) is 28.0 Å². The molecule has 2 aromatic rings. The molecule has 2 saturated heterocycles. The topological polar surface area (TPSA) is 145 Å². The third kappa shape index (κ3) is 3.24. The van der Waals surface area contributed by atoms with E-state index in [1.807, 2.05) is 27.7 Å². The van der Waals surface area contributed by atoms with Crippen LogP contribution in [0.3, 0.4) is 0 Å². The Bertz CT molecular complexity index is 1780. The molecule has 0 amide bonds. The fourth-order valence-corrected chi connectivity index (χ4v) is 8.52. The number of fused-ring (bicyclic) bond motifs is 7. The van der Waals surface area contributed by atoms with Crippen LogP contribution in [0, 0.1) is 21.7 Å². The molecular weight excluding hydrogens is 584 g/mol. The van der Waals surface area contributed by atoms with Crippen molar-refractivity contribution in [2.75, 3.05) is 0 Å². The molecule has 0 N–H and O–H groups in total. The summed E-state index contributed by atoms with van der Waals surface area (Å²) in [5.41, 5.74) is -8.05. The molecule has 2 saturated carbocycles. The molecule has 0 radical (unpaired) electrons. The van der Waals surface area contributed by atoms with Gasteiger partial charge in [0.1, 0.15) is 16.9 Å². The lowest BCUT2D eigenvalue weighted by Gasteiger charge is -2.45. The summed E-state index contributed by atoms with van der Waals surface area (Å²) < 4.78 is 36.4. The maximum absolute atomic E-state index is 14.4. The Morgan fingerprint density at radius 1 is 0.711 bits per heavy atom. The van der Waals surface area contributed by atoms with Gasteiger partial charge < -0.3 is 28.1 Å². The first-order chi connectivity index (χ1) is 20.8. The molecule has 0 spiro atoms. The average molecular weight is 623 g/mol. The predicted octanol–water partition coefficient (Wildman–Crippen LogP) is 4.70. The molecule has 45 heavy (non-hydrogen) atoms. The second kappa shape index (κ2) is 8.47.